The molecule has 4 nitrogen and oxygen atoms in total. The van der Waals surface area contributed by atoms with Gasteiger partial charge >= 0.3 is 0 Å². The molecule has 0 aliphatic carbocycles. The van der Waals surface area contributed by atoms with Crippen molar-refractivity contribution in [3.05, 3.63) is 22.8 Å². The van der Waals surface area contributed by atoms with Crippen molar-refractivity contribution in [1.82, 2.24) is 0 Å². The van der Waals surface area contributed by atoms with E-state index in [1.807, 2.05) is 0 Å². The van der Waals surface area contributed by atoms with Crippen LogP contribution in [0.5, 0.6) is 5.75 Å². The lowest BCUT2D eigenvalue weighted by molar-refractivity contribution is 0.303. The van der Waals surface area contributed by atoms with E-state index in [1.54, 1.807) is 6.07 Å². The summed E-state index contributed by atoms with van der Waals surface area (Å²) in [5.41, 5.74) is 3.54. The van der Waals surface area contributed by atoms with Crippen LogP contribution in [-0.2, 0) is 29.4 Å². The predicted molar refractivity (Wildman–Crippen MR) is 219 cm³/mol. The third-order valence-corrected chi connectivity index (χ3v) is 11.5. The van der Waals surface area contributed by atoms with Gasteiger partial charge in [-0.1, -0.05) is 201 Å². The zero-order valence-electron chi connectivity index (χ0n) is 33.9. The third kappa shape index (κ3) is 23.5. The van der Waals surface area contributed by atoms with Gasteiger partial charge in [0.25, 0.3) is 10.1 Å². The summed E-state index contributed by atoms with van der Waals surface area (Å²) in [5.74, 6) is 0.444. The van der Waals surface area contributed by atoms with E-state index in [1.165, 1.54) is 173 Å². The minimum absolute atomic E-state index is 0.00179. The molecule has 0 atom stereocenters. The molecule has 1 N–H and O–H groups in total. The number of ether oxygens (including phenoxy) is 1. The first-order valence-electron chi connectivity index (χ1n) is 22.2. The van der Waals surface area contributed by atoms with Crippen LogP contribution in [0.15, 0.2) is 11.0 Å². The Kier molecular flexibility index (Phi) is 30.6. The average Bonchev–Trinajstić information content (AvgIpc) is 3.10. The second kappa shape index (κ2) is 32.6. The zero-order valence-corrected chi connectivity index (χ0v) is 34.7. The van der Waals surface area contributed by atoms with Crippen LogP contribution in [-0.4, -0.2) is 19.6 Å². The van der Waals surface area contributed by atoms with Crippen molar-refractivity contribution in [1.29, 1.82) is 0 Å². The highest BCUT2D eigenvalue weighted by molar-refractivity contribution is 7.86. The van der Waals surface area contributed by atoms with Gasteiger partial charge < -0.3 is 4.74 Å². The zero-order chi connectivity index (χ0) is 36.5. The van der Waals surface area contributed by atoms with E-state index in [4.69, 9.17) is 4.74 Å². The maximum absolute atomic E-state index is 12.8. The number of hydrogen-bond donors (Lipinski definition) is 1. The summed E-state index contributed by atoms with van der Waals surface area (Å²) < 4.78 is 42.4. The molecule has 0 unspecified atom stereocenters. The molecule has 0 aliphatic rings. The molecule has 1 aromatic carbocycles. The van der Waals surface area contributed by atoms with E-state index >= 15 is 0 Å². The van der Waals surface area contributed by atoms with Gasteiger partial charge in [0, 0.05) is 0 Å². The highest BCUT2D eigenvalue weighted by Crippen LogP contribution is 2.37. The molecule has 0 spiro atoms. The molecule has 1 aromatic rings. The van der Waals surface area contributed by atoms with Gasteiger partial charge in [-0.3, -0.25) is 4.55 Å². The minimum atomic E-state index is -4.40. The molecule has 0 radical (unpaired) electrons. The molecule has 5 heteroatoms. The molecule has 294 valence electrons. The molecule has 0 saturated heterocycles. The van der Waals surface area contributed by atoms with Crippen molar-refractivity contribution in [2.75, 3.05) is 6.61 Å². The lowest BCUT2D eigenvalue weighted by atomic mass is 9.89. The van der Waals surface area contributed by atoms with E-state index in [2.05, 4.69) is 27.7 Å². The molecule has 1 rings (SSSR count). The Morgan fingerprint density at radius 2 is 0.760 bits per heavy atom. The topological polar surface area (TPSA) is 63.6 Å². The fraction of sp³-hybridized carbons (Fsp3) is 0.867. The molecule has 0 fully saturated rings. The van der Waals surface area contributed by atoms with Gasteiger partial charge in [-0.05, 0) is 67.7 Å². The first kappa shape index (κ1) is 47.0. The van der Waals surface area contributed by atoms with Crippen LogP contribution in [0.1, 0.15) is 243 Å². The highest BCUT2D eigenvalue weighted by Gasteiger charge is 2.25. The SMILES string of the molecule is CCCCCCCCCCCCc1cc(S(=O)(=O)O)c(OCCC)c(CCCCCCCCCCCC)c1CCCCCCCCCCCC. The van der Waals surface area contributed by atoms with Crippen LogP contribution in [0.3, 0.4) is 0 Å². The largest absolute Gasteiger partial charge is 0.492 e. The molecule has 0 amide bonds. The Balaban J connectivity index is 3.02. The second-order valence-electron chi connectivity index (χ2n) is 15.4. The van der Waals surface area contributed by atoms with Crippen LogP contribution in [0.2, 0.25) is 0 Å². The van der Waals surface area contributed by atoms with Crippen molar-refractivity contribution >= 4 is 10.1 Å². The monoisotopic (exact) mass is 721 g/mol. The minimum Gasteiger partial charge on any atom is -0.492 e. The summed E-state index contributed by atoms with van der Waals surface area (Å²) in [6.45, 7) is 9.34. The number of rotatable bonds is 37. The molecule has 0 aromatic heterocycles. The summed E-state index contributed by atoms with van der Waals surface area (Å²) in [5, 5.41) is 0. The van der Waals surface area contributed by atoms with Crippen molar-refractivity contribution in [3.8, 4) is 5.75 Å². The van der Waals surface area contributed by atoms with Crippen LogP contribution < -0.4 is 4.74 Å². The van der Waals surface area contributed by atoms with Crippen molar-refractivity contribution in [2.45, 2.75) is 251 Å². The summed E-state index contributed by atoms with van der Waals surface area (Å²) in [6.07, 6.45) is 42.2. The summed E-state index contributed by atoms with van der Waals surface area (Å²) in [7, 11) is -4.40. The van der Waals surface area contributed by atoms with E-state index in [0.29, 0.717) is 12.4 Å². The number of benzene rings is 1. The van der Waals surface area contributed by atoms with Crippen LogP contribution in [0, 0.1) is 0 Å². The molecule has 0 aliphatic heterocycles. The van der Waals surface area contributed by atoms with Crippen molar-refractivity contribution in [2.24, 2.45) is 0 Å². The second-order valence-corrected chi connectivity index (χ2v) is 16.8. The Labute approximate surface area is 312 Å². The summed E-state index contributed by atoms with van der Waals surface area (Å²) in [6, 6.07) is 1.79. The van der Waals surface area contributed by atoms with Gasteiger partial charge in [0.15, 0.2) is 0 Å². The van der Waals surface area contributed by atoms with Gasteiger partial charge in [0.05, 0.1) is 6.61 Å². The quantitative estimate of drug-likeness (QED) is 0.0549. The van der Waals surface area contributed by atoms with Gasteiger partial charge in [-0.15, -0.1) is 0 Å². The molecule has 0 heterocycles. The van der Waals surface area contributed by atoms with Crippen LogP contribution >= 0.6 is 0 Å². The summed E-state index contributed by atoms with van der Waals surface area (Å²) >= 11 is 0. The summed E-state index contributed by atoms with van der Waals surface area (Å²) in [4.78, 5) is 0.00179. The standard InChI is InChI=1S/C45H84O4S/c1-5-9-12-15-18-21-24-27-30-33-36-41-40-44(50(46,47)48)45(49-39-8-4)43(38-35-32-29-26-23-20-17-14-11-7-3)42(41)37-34-31-28-25-22-19-16-13-10-6-2/h40H,5-39H2,1-4H3,(H,46,47,48). The first-order chi connectivity index (χ1) is 24.4. The molecule has 0 saturated carbocycles. The maximum Gasteiger partial charge on any atom is 0.298 e. The lowest BCUT2D eigenvalue weighted by Crippen LogP contribution is -2.12. The number of hydrogen-bond acceptors (Lipinski definition) is 3. The normalized spacial score (nSPS) is 11.9. The van der Waals surface area contributed by atoms with E-state index in [9.17, 15) is 13.0 Å². The fourth-order valence-electron chi connectivity index (χ4n) is 7.52. The molecule has 50 heavy (non-hydrogen) atoms. The highest BCUT2D eigenvalue weighted by atomic mass is 32.2. The maximum atomic E-state index is 12.8. The number of unbranched alkanes of at least 4 members (excludes halogenated alkanes) is 27. The third-order valence-electron chi connectivity index (χ3n) is 10.6. The molecular weight excluding hydrogens is 637 g/mol. The molecular formula is C45H84O4S. The Morgan fingerprint density at radius 1 is 0.440 bits per heavy atom. The van der Waals surface area contributed by atoms with Crippen LogP contribution in [0.25, 0.3) is 0 Å². The molecule has 0 bridgehead atoms. The smallest absolute Gasteiger partial charge is 0.298 e. The Bertz CT molecular complexity index is 1020. The average molecular weight is 721 g/mol. The Morgan fingerprint density at radius 3 is 1.10 bits per heavy atom. The van der Waals surface area contributed by atoms with Crippen LogP contribution in [0.4, 0.5) is 0 Å². The first-order valence-corrected chi connectivity index (χ1v) is 23.6. The van der Waals surface area contributed by atoms with Gasteiger partial charge in [-0.2, -0.15) is 8.42 Å². The van der Waals surface area contributed by atoms with Gasteiger partial charge in [-0.25, -0.2) is 0 Å². The van der Waals surface area contributed by atoms with E-state index in [-0.39, 0.29) is 4.90 Å². The number of aryl methyl sites for hydroxylation is 1. The van der Waals surface area contributed by atoms with E-state index < -0.39 is 10.1 Å². The van der Waals surface area contributed by atoms with Gasteiger partial charge in [0.1, 0.15) is 10.6 Å². The van der Waals surface area contributed by atoms with Gasteiger partial charge in [0.2, 0.25) is 0 Å². The fourth-order valence-corrected chi connectivity index (χ4v) is 8.23. The van der Waals surface area contributed by atoms with Crippen molar-refractivity contribution in [3.63, 3.8) is 0 Å². The van der Waals surface area contributed by atoms with Crippen molar-refractivity contribution < 1.29 is 17.7 Å². The lowest BCUT2D eigenvalue weighted by Gasteiger charge is -2.22. The predicted octanol–water partition coefficient (Wildman–Crippen LogP) is 15.1. The van der Waals surface area contributed by atoms with E-state index in [0.717, 1.165) is 62.5 Å². The Hall–Kier alpha value is -1.07.